The fourth-order valence-electron chi connectivity index (χ4n) is 1.30. The first-order chi connectivity index (χ1) is 7.57. The van der Waals surface area contributed by atoms with Crippen molar-refractivity contribution in [1.29, 1.82) is 0 Å². The number of methoxy groups -OCH3 is 1. The lowest BCUT2D eigenvalue weighted by Crippen LogP contribution is -2.15. The van der Waals surface area contributed by atoms with Crippen LogP contribution in [0, 0.1) is 0 Å². The smallest absolute Gasteiger partial charge is 0.163 e. The third kappa shape index (κ3) is 3.19. The third-order valence-corrected chi connectivity index (χ3v) is 2.64. The molecular formula is C11H12Cl2O3. The molecule has 0 bridgehead atoms. The van der Waals surface area contributed by atoms with Crippen molar-refractivity contribution in [2.24, 2.45) is 0 Å². The van der Waals surface area contributed by atoms with E-state index in [2.05, 4.69) is 0 Å². The topological polar surface area (TPSA) is 35.5 Å². The Hall–Kier alpha value is -0.610. The van der Waals surface area contributed by atoms with Gasteiger partial charge in [0.25, 0.3) is 0 Å². The van der Waals surface area contributed by atoms with E-state index in [-0.39, 0.29) is 12.6 Å². The molecule has 1 aromatic rings. The van der Waals surface area contributed by atoms with Crippen molar-refractivity contribution in [2.75, 3.05) is 13.9 Å². The highest BCUT2D eigenvalue weighted by Gasteiger charge is 2.22. The van der Waals surface area contributed by atoms with Crippen molar-refractivity contribution in [2.45, 2.75) is 13.0 Å². The number of ether oxygens (including phenoxy) is 2. The predicted octanol–water partition coefficient (Wildman–Crippen LogP) is 3.24. The van der Waals surface area contributed by atoms with Gasteiger partial charge in [0.05, 0.1) is 0 Å². The quantitative estimate of drug-likeness (QED) is 0.765. The second-order valence-electron chi connectivity index (χ2n) is 3.20. The minimum absolute atomic E-state index is 0.00575. The second kappa shape index (κ2) is 6.21. The first-order valence-corrected chi connectivity index (χ1v) is 5.38. The molecule has 0 N–H and O–H groups in total. The average Bonchev–Trinajstić information content (AvgIpc) is 2.21. The van der Waals surface area contributed by atoms with Crippen molar-refractivity contribution in [1.82, 2.24) is 0 Å². The molecule has 0 aliphatic carbocycles. The van der Waals surface area contributed by atoms with Crippen LogP contribution in [0.25, 0.3) is 0 Å². The minimum atomic E-state index is -0.791. The average molecular weight is 263 g/mol. The van der Waals surface area contributed by atoms with Crippen molar-refractivity contribution in [3.8, 4) is 0 Å². The van der Waals surface area contributed by atoms with Gasteiger partial charge in [-0.1, -0.05) is 29.3 Å². The Balaban J connectivity index is 3.05. The van der Waals surface area contributed by atoms with E-state index in [1.807, 2.05) is 0 Å². The molecule has 0 spiro atoms. The minimum Gasteiger partial charge on any atom is -0.359 e. The van der Waals surface area contributed by atoms with Crippen LogP contribution in [0.5, 0.6) is 0 Å². The molecule has 0 aliphatic heterocycles. The molecule has 0 aromatic heterocycles. The molecular weight excluding hydrogens is 251 g/mol. The Morgan fingerprint density at radius 3 is 2.38 bits per heavy atom. The SMILES string of the molecule is COCO[C@@H](C(C)=O)c1c(Cl)cccc1Cl. The monoisotopic (exact) mass is 262 g/mol. The van der Waals surface area contributed by atoms with Crippen LogP contribution in [0.2, 0.25) is 10.0 Å². The first-order valence-electron chi connectivity index (χ1n) is 4.62. The molecule has 3 nitrogen and oxygen atoms in total. The summed E-state index contributed by atoms with van der Waals surface area (Å²) in [6.07, 6.45) is -0.791. The summed E-state index contributed by atoms with van der Waals surface area (Å²) < 4.78 is 10.0. The van der Waals surface area contributed by atoms with Gasteiger partial charge in [0.15, 0.2) is 5.78 Å². The van der Waals surface area contributed by atoms with Crippen LogP contribution < -0.4 is 0 Å². The normalized spacial score (nSPS) is 12.5. The molecule has 0 saturated heterocycles. The van der Waals surface area contributed by atoms with Gasteiger partial charge in [-0.15, -0.1) is 0 Å². The number of halogens is 2. The largest absolute Gasteiger partial charge is 0.359 e. The Labute approximate surface area is 104 Å². The van der Waals surface area contributed by atoms with Gasteiger partial charge >= 0.3 is 0 Å². The molecule has 0 unspecified atom stereocenters. The number of ketones is 1. The molecule has 1 rings (SSSR count). The van der Waals surface area contributed by atoms with E-state index < -0.39 is 6.10 Å². The summed E-state index contributed by atoms with van der Waals surface area (Å²) in [7, 11) is 1.48. The van der Waals surface area contributed by atoms with Gasteiger partial charge in [0.2, 0.25) is 0 Å². The third-order valence-electron chi connectivity index (χ3n) is 1.98. The highest BCUT2D eigenvalue weighted by Crippen LogP contribution is 2.32. The Bertz CT molecular complexity index is 359. The van der Waals surface area contributed by atoms with E-state index in [1.165, 1.54) is 14.0 Å². The van der Waals surface area contributed by atoms with Crippen LogP contribution in [-0.2, 0) is 14.3 Å². The van der Waals surface area contributed by atoms with Crippen molar-refractivity contribution >= 4 is 29.0 Å². The van der Waals surface area contributed by atoms with Gasteiger partial charge in [0, 0.05) is 22.7 Å². The second-order valence-corrected chi connectivity index (χ2v) is 4.01. The molecule has 1 aromatic carbocycles. The Morgan fingerprint density at radius 2 is 1.94 bits per heavy atom. The zero-order valence-corrected chi connectivity index (χ0v) is 10.5. The predicted molar refractivity (Wildman–Crippen MR) is 62.8 cm³/mol. The molecule has 0 fully saturated rings. The number of hydrogen-bond donors (Lipinski definition) is 0. The summed E-state index contributed by atoms with van der Waals surface area (Å²) in [5, 5.41) is 0.813. The van der Waals surface area contributed by atoms with Crippen LogP contribution in [0.15, 0.2) is 18.2 Å². The van der Waals surface area contributed by atoms with E-state index in [1.54, 1.807) is 18.2 Å². The van der Waals surface area contributed by atoms with Crippen molar-refractivity contribution < 1.29 is 14.3 Å². The number of hydrogen-bond acceptors (Lipinski definition) is 3. The molecule has 5 heteroatoms. The van der Waals surface area contributed by atoms with Crippen LogP contribution in [-0.4, -0.2) is 19.7 Å². The van der Waals surface area contributed by atoms with Gasteiger partial charge in [-0.05, 0) is 19.1 Å². The lowest BCUT2D eigenvalue weighted by atomic mass is 10.1. The van der Waals surface area contributed by atoms with E-state index in [0.29, 0.717) is 15.6 Å². The summed E-state index contributed by atoms with van der Waals surface area (Å²) in [4.78, 5) is 11.5. The first kappa shape index (κ1) is 13.5. The standard InChI is InChI=1S/C11H12Cl2O3/c1-7(14)11(16-6-15-2)10-8(12)4-3-5-9(10)13/h3-5,11H,6H2,1-2H3/t11-/m0/s1. The van der Waals surface area contributed by atoms with Gasteiger partial charge in [-0.25, -0.2) is 0 Å². The van der Waals surface area contributed by atoms with Crippen molar-refractivity contribution in [3.63, 3.8) is 0 Å². The highest BCUT2D eigenvalue weighted by atomic mass is 35.5. The summed E-state index contributed by atoms with van der Waals surface area (Å²) in [5.41, 5.74) is 0.482. The Kier molecular flexibility index (Phi) is 5.22. The Morgan fingerprint density at radius 1 is 1.38 bits per heavy atom. The van der Waals surface area contributed by atoms with E-state index in [4.69, 9.17) is 32.7 Å². The lowest BCUT2D eigenvalue weighted by Gasteiger charge is -2.17. The van der Waals surface area contributed by atoms with Gasteiger partial charge in [0.1, 0.15) is 12.9 Å². The maximum Gasteiger partial charge on any atom is 0.163 e. The van der Waals surface area contributed by atoms with Crippen LogP contribution in [0.1, 0.15) is 18.6 Å². The van der Waals surface area contributed by atoms with Crippen molar-refractivity contribution in [3.05, 3.63) is 33.8 Å². The van der Waals surface area contributed by atoms with Gasteiger partial charge in [-0.3, -0.25) is 4.79 Å². The molecule has 16 heavy (non-hydrogen) atoms. The molecule has 0 amide bonds. The van der Waals surface area contributed by atoms with Crippen LogP contribution in [0.4, 0.5) is 0 Å². The van der Waals surface area contributed by atoms with Crippen LogP contribution >= 0.6 is 23.2 Å². The lowest BCUT2D eigenvalue weighted by molar-refractivity contribution is -0.138. The summed E-state index contributed by atoms with van der Waals surface area (Å²) in [6.45, 7) is 1.42. The molecule has 88 valence electrons. The molecule has 0 radical (unpaired) electrons. The van der Waals surface area contributed by atoms with Gasteiger partial charge in [-0.2, -0.15) is 0 Å². The number of benzene rings is 1. The number of carbonyl (C=O) groups excluding carboxylic acids is 1. The van der Waals surface area contributed by atoms with Gasteiger partial charge < -0.3 is 9.47 Å². The zero-order chi connectivity index (χ0) is 12.1. The van der Waals surface area contributed by atoms with E-state index in [0.717, 1.165) is 0 Å². The van der Waals surface area contributed by atoms with E-state index >= 15 is 0 Å². The molecule has 0 heterocycles. The van der Waals surface area contributed by atoms with E-state index in [9.17, 15) is 4.79 Å². The number of Topliss-reactive ketones (excluding diaryl/α,β-unsaturated/α-hetero) is 1. The molecule has 0 aliphatic rings. The summed E-state index contributed by atoms with van der Waals surface area (Å²) in [6, 6.07) is 5.03. The summed E-state index contributed by atoms with van der Waals surface area (Å²) in [5.74, 6) is -0.174. The molecule has 1 atom stereocenters. The maximum atomic E-state index is 11.5. The number of carbonyl (C=O) groups is 1. The van der Waals surface area contributed by atoms with Crippen LogP contribution in [0.3, 0.4) is 0 Å². The number of rotatable bonds is 5. The maximum absolute atomic E-state index is 11.5. The highest BCUT2D eigenvalue weighted by molar-refractivity contribution is 6.36. The fraction of sp³-hybridized carbons (Fsp3) is 0.364. The molecule has 0 saturated carbocycles. The zero-order valence-electron chi connectivity index (χ0n) is 9.00. The summed E-state index contributed by atoms with van der Waals surface area (Å²) >= 11 is 12.0. The fourth-order valence-corrected chi connectivity index (χ4v) is 1.90.